The van der Waals surface area contributed by atoms with Gasteiger partial charge in [-0.1, -0.05) is 140 Å². The average Bonchev–Trinajstić information content (AvgIpc) is 3.95. The summed E-state index contributed by atoms with van der Waals surface area (Å²) in [6, 6.07) is 36.3. The molecule has 0 unspecified atom stereocenters. The van der Waals surface area contributed by atoms with E-state index < -0.39 is 0 Å². The zero-order valence-electron chi connectivity index (χ0n) is 33.3. The van der Waals surface area contributed by atoms with E-state index in [0.717, 1.165) is 22.6 Å². The zero-order chi connectivity index (χ0) is 38.9. The number of aromatic amines is 1. The summed E-state index contributed by atoms with van der Waals surface area (Å²) in [4.78, 5) is 7.91. The number of nitrogens with zero attached hydrogens (tertiary/aromatic N) is 8. The van der Waals surface area contributed by atoms with Crippen molar-refractivity contribution in [2.75, 3.05) is 0 Å². The number of aromatic nitrogens is 9. The van der Waals surface area contributed by atoms with Crippen molar-refractivity contribution in [2.24, 2.45) is 0 Å². The zero-order valence-corrected chi connectivity index (χ0v) is 35.6. The third kappa shape index (κ3) is 10.5. The van der Waals surface area contributed by atoms with Crippen LogP contribution in [-0.2, 0) is 27.6 Å². The van der Waals surface area contributed by atoms with Gasteiger partial charge in [-0.15, -0.1) is 5.10 Å². The fraction of sp³-hybridized carbons (Fsp3) is 0.200. The summed E-state index contributed by atoms with van der Waals surface area (Å²) in [7, 11) is 0. The van der Waals surface area contributed by atoms with Crippen LogP contribution in [0.2, 0.25) is 0 Å². The van der Waals surface area contributed by atoms with Crippen molar-refractivity contribution in [3.05, 3.63) is 178 Å². The number of nitrogens with one attached hydrogen (secondary N) is 1. The quantitative estimate of drug-likeness (QED) is 0.172. The maximum absolute atomic E-state index is 4.53. The first-order valence-corrected chi connectivity index (χ1v) is 18.5. The van der Waals surface area contributed by atoms with Crippen molar-refractivity contribution in [1.29, 1.82) is 0 Å². The minimum absolute atomic E-state index is 0. The fourth-order valence-electron chi connectivity index (χ4n) is 7.22. The van der Waals surface area contributed by atoms with Crippen LogP contribution in [0.15, 0.2) is 128 Å². The van der Waals surface area contributed by atoms with Gasteiger partial charge in [0, 0.05) is 23.7 Å². The molecule has 0 aliphatic heterocycles. The second-order valence-electron chi connectivity index (χ2n) is 14.2. The molecule has 11 heteroatoms. The van der Waals surface area contributed by atoms with Gasteiger partial charge in [0.15, 0.2) is 0 Å². The van der Waals surface area contributed by atoms with Gasteiger partial charge in [-0.3, -0.25) is 4.98 Å². The molecule has 4 heterocycles. The predicted molar refractivity (Wildman–Crippen MR) is 224 cm³/mol. The number of hydrogen-bond acceptors (Lipinski definition) is 6. The van der Waals surface area contributed by atoms with Gasteiger partial charge in [-0.2, -0.15) is 15.2 Å². The summed E-state index contributed by atoms with van der Waals surface area (Å²) in [5.74, 6) is 0.637. The topological polar surface area (TPSA) is 103 Å². The number of pyridine rings is 1. The fourth-order valence-corrected chi connectivity index (χ4v) is 7.22. The smallest absolute Gasteiger partial charge is 0.262 e. The van der Waals surface area contributed by atoms with Crippen LogP contribution in [-0.4, -0.2) is 51.7 Å². The van der Waals surface area contributed by atoms with E-state index in [-0.39, 0.29) is 27.8 Å². The summed E-state index contributed by atoms with van der Waals surface area (Å²) in [6.45, 7) is 18.1. The van der Waals surface area contributed by atoms with E-state index in [1.165, 1.54) is 61.7 Å². The Balaban J connectivity index is 0.000000257. The van der Waals surface area contributed by atoms with Gasteiger partial charge in [0.1, 0.15) is 12.0 Å². The van der Waals surface area contributed by atoms with Gasteiger partial charge in [-0.05, 0) is 79.2 Å². The Kier molecular flexibility index (Phi) is 14.2. The van der Waals surface area contributed by atoms with Crippen molar-refractivity contribution in [3.63, 3.8) is 0 Å². The van der Waals surface area contributed by atoms with Crippen LogP contribution in [0, 0.1) is 55.4 Å². The first-order valence-electron chi connectivity index (χ1n) is 18.5. The number of aryl methyl sites for hydroxylation is 8. The van der Waals surface area contributed by atoms with Crippen LogP contribution >= 0.6 is 0 Å². The molecule has 0 saturated heterocycles. The molecular formula is C45H48BN9Pt+2. The number of rotatable bonds is 7. The van der Waals surface area contributed by atoms with Gasteiger partial charge in [0.2, 0.25) is 12.7 Å². The molecule has 0 spiro atoms. The molecule has 0 fully saturated rings. The Labute approximate surface area is 345 Å². The Morgan fingerprint density at radius 2 is 1.29 bits per heavy atom. The van der Waals surface area contributed by atoms with Crippen molar-refractivity contribution in [1.82, 2.24) is 44.9 Å². The van der Waals surface area contributed by atoms with Crippen LogP contribution in [0.5, 0.6) is 0 Å². The molecule has 0 atom stereocenters. The predicted octanol–water partition coefficient (Wildman–Crippen LogP) is 7.05. The van der Waals surface area contributed by atoms with Crippen LogP contribution in [0.3, 0.4) is 0 Å². The van der Waals surface area contributed by atoms with Crippen molar-refractivity contribution in [3.8, 4) is 17.2 Å². The molecular weight excluding hydrogens is 872 g/mol. The Bertz CT molecular complexity index is 2350. The molecule has 56 heavy (non-hydrogen) atoms. The maximum atomic E-state index is 4.53. The molecule has 4 aromatic heterocycles. The van der Waals surface area contributed by atoms with E-state index in [1.54, 1.807) is 10.9 Å². The first-order chi connectivity index (χ1) is 26.5. The molecule has 8 aromatic rings. The third-order valence-corrected chi connectivity index (χ3v) is 9.45. The summed E-state index contributed by atoms with van der Waals surface area (Å²) < 4.78 is 3.56. The SMILES string of the molecule is Cc1cc(C)c(B(c2cccc(-c3cn(Cc4ccccc4)nn3)c2)c2c(C)cc(C)cc2C)c(C)c1.Cc1ccccn1.Cc1ccn(-c2ncn[nH]2)n1.[Pt+2]. The maximum Gasteiger partial charge on any atom is 2.00 e. The second-order valence-corrected chi connectivity index (χ2v) is 14.2. The minimum atomic E-state index is 0. The normalized spacial score (nSPS) is 10.4. The second kappa shape index (κ2) is 19.2. The Morgan fingerprint density at radius 1 is 0.643 bits per heavy atom. The molecule has 0 saturated carbocycles. The van der Waals surface area contributed by atoms with E-state index in [1.807, 2.05) is 61.3 Å². The molecule has 4 aromatic carbocycles. The largest absolute Gasteiger partial charge is 2.00 e. The van der Waals surface area contributed by atoms with Crippen LogP contribution in [0.4, 0.5) is 0 Å². The molecule has 0 radical (unpaired) electrons. The average molecular weight is 921 g/mol. The number of H-pyrrole nitrogens is 1. The molecule has 0 amide bonds. The molecule has 1 N–H and O–H groups in total. The summed E-state index contributed by atoms with van der Waals surface area (Å²) >= 11 is 0. The van der Waals surface area contributed by atoms with Crippen molar-refractivity contribution >= 4 is 23.1 Å². The molecule has 0 aliphatic carbocycles. The standard InChI is InChI=1S/C33H34BN3.C6H7N5.C6H7N.Pt/c1-22-15-24(3)32(25(4)16-22)34(33-26(5)17-23(2)18-27(33)6)30-14-10-13-29(19-30)31-21-37(36-35-31)20-28-11-8-7-9-12-28;1-5-2-3-11(10-5)6-7-4-8-9-6;1-6-4-2-3-5-7-6;/h7-19,21H,20H2,1-6H3;2-4H,1H3,(H,7,8,9);2-5H,1H3;/q;;;+2. The van der Waals surface area contributed by atoms with Crippen LogP contribution < -0.4 is 16.4 Å². The Morgan fingerprint density at radius 3 is 1.80 bits per heavy atom. The van der Waals surface area contributed by atoms with Crippen molar-refractivity contribution in [2.45, 2.75) is 61.9 Å². The molecule has 9 nitrogen and oxygen atoms in total. The molecule has 0 aliphatic rings. The van der Waals surface area contributed by atoms with Crippen LogP contribution in [0.1, 0.15) is 50.3 Å². The molecule has 284 valence electrons. The summed E-state index contributed by atoms with van der Waals surface area (Å²) in [6.07, 6.45) is 7.11. The van der Waals surface area contributed by atoms with Gasteiger partial charge in [-0.25, -0.2) is 14.5 Å². The Hall–Kier alpha value is -5.73. The van der Waals surface area contributed by atoms with E-state index >= 15 is 0 Å². The van der Waals surface area contributed by atoms with Gasteiger partial charge in [0.05, 0.1) is 18.4 Å². The number of hydrogen-bond donors (Lipinski definition) is 1. The summed E-state index contributed by atoms with van der Waals surface area (Å²) in [5, 5.41) is 19.5. The third-order valence-electron chi connectivity index (χ3n) is 9.45. The van der Waals surface area contributed by atoms with E-state index in [2.05, 4.69) is 150 Å². The molecule has 0 bridgehead atoms. The first kappa shape index (κ1) is 41.4. The van der Waals surface area contributed by atoms with E-state index in [9.17, 15) is 0 Å². The monoisotopic (exact) mass is 920 g/mol. The van der Waals surface area contributed by atoms with E-state index in [0.29, 0.717) is 12.5 Å². The van der Waals surface area contributed by atoms with Gasteiger partial charge in [0.25, 0.3) is 0 Å². The minimum Gasteiger partial charge on any atom is -0.262 e. The van der Waals surface area contributed by atoms with Gasteiger partial charge >= 0.3 is 21.1 Å². The van der Waals surface area contributed by atoms with Crippen molar-refractivity contribution < 1.29 is 21.1 Å². The molecule has 8 rings (SSSR count). The van der Waals surface area contributed by atoms with Gasteiger partial charge < -0.3 is 0 Å². The number of benzene rings is 4. The van der Waals surface area contributed by atoms with E-state index in [4.69, 9.17) is 0 Å². The summed E-state index contributed by atoms with van der Waals surface area (Å²) in [5.41, 5.74) is 17.2. The van der Waals surface area contributed by atoms with Crippen LogP contribution in [0.25, 0.3) is 17.2 Å².